The smallest absolute Gasteiger partial charge is 0.411 e. The molecule has 0 unspecified atom stereocenters. The van der Waals surface area contributed by atoms with Gasteiger partial charge in [-0.3, -0.25) is 9.69 Å². The van der Waals surface area contributed by atoms with Gasteiger partial charge in [-0.2, -0.15) is 0 Å². The summed E-state index contributed by atoms with van der Waals surface area (Å²) in [5.41, 5.74) is 3.54. The number of carbonyl (C=O) groups is 4. The molecule has 4 aliphatic rings. The van der Waals surface area contributed by atoms with Gasteiger partial charge in [0.15, 0.2) is 0 Å². The lowest BCUT2D eigenvalue weighted by Crippen LogP contribution is -2.70. The van der Waals surface area contributed by atoms with Crippen LogP contribution in [0.15, 0.2) is 53.7 Å². The van der Waals surface area contributed by atoms with Crippen LogP contribution in [-0.4, -0.2) is 88.6 Å². The first-order valence-corrected chi connectivity index (χ1v) is 14.6. The maximum atomic E-state index is 14.2. The average molecular weight is 590 g/mol. The molecule has 11 heteroatoms. The fraction of sp³-hybridized carbons (Fsp3) is 0.438. The quantitative estimate of drug-likeness (QED) is 0.400. The summed E-state index contributed by atoms with van der Waals surface area (Å²) in [6, 6.07) is 12.8. The van der Waals surface area contributed by atoms with Crippen LogP contribution in [0.3, 0.4) is 0 Å². The summed E-state index contributed by atoms with van der Waals surface area (Å²) in [7, 11) is 0. The van der Waals surface area contributed by atoms with E-state index < -0.39 is 23.7 Å². The number of esters is 2. The van der Waals surface area contributed by atoms with E-state index in [4.69, 9.17) is 14.2 Å². The zero-order valence-electron chi connectivity index (χ0n) is 24.3. The van der Waals surface area contributed by atoms with E-state index in [-0.39, 0.29) is 44.8 Å². The molecule has 11 nitrogen and oxygen atoms in total. The average Bonchev–Trinajstić information content (AvgIpc) is 3.56. The lowest BCUT2D eigenvalue weighted by atomic mass is 9.82. The predicted octanol–water partition coefficient (Wildman–Crippen LogP) is 2.85. The van der Waals surface area contributed by atoms with E-state index in [1.165, 1.54) is 0 Å². The molecule has 4 heterocycles. The number of hydrogen-bond acceptors (Lipinski definition) is 9. The van der Waals surface area contributed by atoms with Crippen LogP contribution >= 0.6 is 0 Å². The Hall–Kier alpha value is -4.22. The number of aliphatic hydroxyl groups excluding tert-OH is 1. The van der Waals surface area contributed by atoms with Gasteiger partial charge >= 0.3 is 18.0 Å². The summed E-state index contributed by atoms with van der Waals surface area (Å²) >= 11 is 0. The van der Waals surface area contributed by atoms with Gasteiger partial charge in [-0.25, -0.2) is 14.4 Å². The molecule has 0 aromatic heterocycles. The summed E-state index contributed by atoms with van der Waals surface area (Å²) in [5.74, 6) is -1.04. The van der Waals surface area contributed by atoms with E-state index in [0.29, 0.717) is 49.3 Å². The number of amides is 2. The normalized spacial score (nSPS) is 20.8. The summed E-state index contributed by atoms with van der Waals surface area (Å²) in [6.45, 7) is 5.58. The van der Waals surface area contributed by atoms with E-state index in [2.05, 4.69) is 4.90 Å². The maximum Gasteiger partial charge on any atom is 0.411 e. The molecule has 0 aliphatic carbocycles. The summed E-state index contributed by atoms with van der Waals surface area (Å²) in [6.07, 6.45) is -0.695. The van der Waals surface area contributed by atoms with Gasteiger partial charge < -0.3 is 29.1 Å². The fourth-order valence-electron chi connectivity index (χ4n) is 6.61. The SMILES string of the molecule is CC1=C(N2CCN(C(=O)OCc3ccccc3)C3(CCN(C[C@H](O)c4ccc5c(c4C)COC5=O)CC3)C2=O)COC1=O. The van der Waals surface area contributed by atoms with Crippen LogP contribution in [-0.2, 0) is 37.0 Å². The zero-order chi connectivity index (χ0) is 30.3. The summed E-state index contributed by atoms with van der Waals surface area (Å²) < 4.78 is 16.0. The molecule has 2 saturated heterocycles. The number of nitrogens with zero attached hydrogens (tertiary/aromatic N) is 3. The molecule has 2 aromatic carbocycles. The second-order valence-electron chi connectivity index (χ2n) is 11.5. The molecule has 1 N–H and O–H groups in total. The van der Waals surface area contributed by atoms with Crippen molar-refractivity contribution >= 4 is 23.9 Å². The summed E-state index contributed by atoms with van der Waals surface area (Å²) in [4.78, 5) is 57.0. The molecule has 4 aliphatic heterocycles. The van der Waals surface area contributed by atoms with Crippen LogP contribution in [0, 0.1) is 6.92 Å². The van der Waals surface area contributed by atoms with Crippen molar-refractivity contribution in [1.82, 2.24) is 14.7 Å². The largest absolute Gasteiger partial charge is 0.457 e. The standard InChI is InChI=1S/C32H35N3O8/c1-20-23(8-9-24-25(20)18-41-29(24)38)27(36)16-33-12-10-32(11-13-33)30(39)34(26-19-42-28(37)21(26)2)14-15-35(32)31(40)43-17-22-6-4-3-5-7-22/h3-9,27,36H,10-19H2,1-2H3/t27-/m0/s1. The molecule has 1 spiro atoms. The van der Waals surface area contributed by atoms with E-state index in [1.54, 1.807) is 28.9 Å². The minimum Gasteiger partial charge on any atom is -0.457 e. The molecule has 226 valence electrons. The van der Waals surface area contributed by atoms with Crippen LogP contribution in [0.1, 0.15) is 58.5 Å². The molecule has 43 heavy (non-hydrogen) atoms. The van der Waals surface area contributed by atoms with Crippen LogP contribution < -0.4 is 0 Å². The van der Waals surface area contributed by atoms with E-state index >= 15 is 0 Å². The molecule has 1 atom stereocenters. The zero-order valence-corrected chi connectivity index (χ0v) is 24.3. The van der Waals surface area contributed by atoms with Crippen molar-refractivity contribution in [3.63, 3.8) is 0 Å². The van der Waals surface area contributed by atoms with Gasteiger partial charge in [0, 0.05) is 38.3 Å². The second-order valence-corrected chi connectivity index (χ2v) is 11.5. The third-order valence-electron chi connectivity index (χ3n) is 9.22. The Morgan fingerprint density at radius 3 is 2.37 bits per heavy atom. The second kappa shape index (κ2) is 11.5. The number of benzene rings is 2. The van der Waals surface area contributed by atoms with Gasteiger partial charge in [-0.05, 0) is 49.4 Å². The van der Waals surface area contributed by atoms with Gasteiger partial charge in [-0.1, -0.05) is 36.4 Å². The van der Waals surface area contributed by atoms with Crippen molar-refractivity contribution in [2.24, 2.45) is 0 Å². The number of rotatable bonds is 6. The summed E-state index contributed by atoms with van der Waals surface area (Å²) in [5, 5.41) is 11.2. The highest BCUT2D eigenvalue weighted by atomic mass is 16.6. The Balaban J connectivity index is 1.19. The fourth-order valence-corrected chi connectivity index (χ4v) is 6.61. The molecule has 0 bridgehead atoms. The minimum atomic E-state index is -1.16. The number of likely N-dealkylation sites (tertiary alicyclic amines) is 1. The van der Waals surface area contributed by atoms with E-state index in [0.717, 1.165) is 22.3 Å². The van der Waals surface area contributed by atoms with Crippen LogP contribution in [0.2, 0.25) is 0 Å². The lowest BCUT2D eigenvalue weighted by Gasteiger charge is -2.52. The molecule has 0 saturated carbocycles. The van der Waals surface area contributed by atoms with Gasteiger partial charge in [0.2, 0.25) is 0 Å². The van der Waals surface area contributed by atoms with Crippen molar-refractivity contribution in [2.45, 2.75) is 51.5 Å². The number of fused-ring (bicyclic) bond motifs is 1. The van der Waals surface area contributed by atoms with Crippen molar-refractivity contribution in [2.75, 3.05) is 39.3 Å². The van der Waals surface area contributed by atoms with Gasteiger partial charge in [0.1, 0.15) is 25.4 Å². The van der Waals surface area contributed by atoms with Crippen molar-refractivity contribution in [3.05, 3.63) is 81.6 Å². The number of carbonyl (C=O) groups excluding carboxylic acids is 4. The third kappa shape index (κ3) is 5.16. The van der Waals surface area contributed by atoms with Crippen molar-refractivity contribution in [3.8, 4) is 0 Å². The molecule has 2 fully saturated rings. The Morgan fingerprint density at radius 2 is 1.67 bits per heavy atom. The number of piperazine rings is 1. The molecule has 2 amide bonds. The number of hydrogen-bond donors (Lipinski definition) is 1. The minimum absolute atomic E-state index is 0.0278. The third-order valence-corrected chi connectivity index (χ3v) is 9.22. The van der Waals surface area contributed by atoms with Gasteiger partial charge in [0.25, 0.3) is 5.91 Å². The number of ether oxygens (including phenoxy) is 3. The molecular formula is C32H35N3O8. The van der Waals surface area contributed by atoms with Crippen LogP contribution in [0.5, 0.6) is 0 Å². The topological polar surface area (TPSA) is 126 Å². The number of cyclic esters (lactones) is 2. The highest BCUT2D eigenvalue weighted by molar-refractivity contribution is 5.96. The number of piperidine rings is 1. The van der Waals surface area contributed by atoms with Crippen molar-refractivity contribution in [1.29, 1.82) is 0 Å². The van der Waals surface area contributed by atoms with Crippen LogP contribution in [0.25, 0.3) is 0 Å². The molecular weight excluding hydrogens is 554 g/mol. The predicted molar refractivity (Wildman–Crippen MR) is 152 cm³/mol. The first-order chi connectivity index (χ1) is 20.7. The maximum absolute atomic E-state index is 14.2. The Bertz CT molecular complexity index is 1500. The first-order valence-electron chi connectivity index (χ1n) is 14.6. The Kier molecular flexibility index (Phi) is 7.70. The molecule has 0 radical (unpaired) electrons. The monoisotopic (exact) mass is 589 g/mol. The van der Waals surface area contributed by atoms with Crippen molar-refractivity contribution < 1.29 is 38.5 Å². The number of β-amino-alcohol motifs (C(OH)–C–C–N with tert-alkyl or cyclic N) is 1. The number of aliphatic hydroxyl groups is 1. The molecule has 2 aromatic rings. The Morgan fingerprint density at radius 1 is 0.953 bits per heavy atom. The highest BCUT2D eigenvalue weighted by Gasteiger charge is 2.54. The van der Waals surface area contributed by atoms with E-state index in [9.17, 15) is 24.3 Å². The lowest BCUT2D eigenvalue weighted by molar-refractivity contribution is -0.152. The van der Waals surface area contributed by atoms with Crippen LogP contribution in [0.4, 0.5) is 4.79 Å². The van der Waals surface area contributed by atoms with Gasteiger partial charge in [-0.15, -0.1) is 0 Å². The van der Waals surface area contributed by atoms with E-state index in [1.807, 2.05) is 37.3 Å². The first kappa shape index (κ1) is 28.9. The molecule has 6 rings (SSSR count). The Labute approximate surface area is 249 Å². The highest BCUT2D eigenvalue weighted by Crippen LogP contribution is 2.38. The van der Waals surface area contributed by atoms with Gasteiger partial charge in [0.05, 0.1) is 22.9 Å².